The maximum Gasteiger partial charge on any atom is 0.425 e. The highest BCUT2D eigenvalue weighted by molar-refractivity contribution is 5.68. The molecule has 0 bridgehead atoms. The van der Waals surface area contributed by atoms with Crippen LogP contribution in [0.4, 0.5) is 18.0 Å². The maximum atomic E-state index is 12.7. The van der Waals surface area contributed by atoms with Crippen molar-refractivity contribution in [1.29, 1.82) is 0 Å². The minimum atomic E-state index is -4.54. The van der Waals surface area contributed by atoms with E-state index in [4.69, 9.17) is 0 Å². The summed E-state index contributed by atoms with van der Waals surface area (Å²) in [5, 5.41) is 0. The van der Waals surface area contributed by atoms with Crippen molar-refractivity contribution < 1.29 is 22.7 Å². The van der Waals surface area contributed by atoms with Gasteiger partial charge < -0.3 is 9.64 Å². The van der Waals surface area contributed by atoms with Crippen molar-refractivity contribution in [2.24, 2.45) is 5.92 Å². The van der Waals surface area contributed by atoms with Gasteiger partial charge in [-0.1, -0.05) is 43.9 Å². The molecule has 7 heteroatoms. The molecule has 1 amide bonds. The molecule has 0 aromatic heterocycles. The molecular formula is C24H31F3N2O2. The fourth-order valence-electron chi connectivity index (χ4n) is 4.41. The fraction of sp³-hybridized carbons (Fsp3) is 0.625. The standard InChI is InChI=1S/C24H31F3N2O2/c1-18(2)9-10-20-7-4-5-8-21(20)17-29-14-6-11-23(29)12-15-28(16-13-23)22(30)31-19(3)24(25,26)27/h4-5,7-8,18-19H,6,11-17H2,1-3H3. The van der Waals surface area contributed by atoms with Crippen LogP contribution in [0.15, 0.2) is 24.3 Å². The molecule has 3 rings (SSSR count). The molecular weight excluding hydrogens is 405 g/mol. The number of carbonyl (C=O) groups is 1. The van der Waals surface area contributed by atoms with E-state index in [0.717, 1.165) is 51.3 Å². The lowest BCUT2D eigenvalue weighted by Gasteiger charge is -2.45. The van der Waals surface area contributed by atoms with Gasteiger partial charge in [-0.05, 0) is 50.8 Å². The van der Waals surface area contributed by atoms with E-state index >= 15 is 0 Å². The van der Waals surface area contributed by atoms with Gasteiger partial charge in [0.25, 0.3) is 0 Å². The normalized spacial score (nSPS) is 19.9. The van der Waals surface area contributed by atoms with Gasteiger partial charge >= 0.3 is 12.3 Å². The molecule has 2 fully saturated rings. The van der Waals surface area contributed by atoms with E-state index in [1.165, 1.54) is 10.5 Å². The van der Waals surface area contributed by atoms with E-state index in [-0.39, 0.29) is 5.54 Å². The Morgan fingerprint density at radius 1 is 1.13 bits per heavy atom. The van der Waals surface area contributed by atoms with Crippen molar-refractivity contribution in [3.8, 4) is 11.8 Å². The molecule has 0 N–H and O–H groups in total. The van der Waals surface area contributed by atoms with Crippen LogP contribution in [0, 0.1) is 17.8 Å². The van der Waals surface area contributed by atoms with Crippen LogP contribution in [-0.4, -0.2) is 53.3 Å². The van der Waals surface area contributed by atoms with Crippen LogP contribution >= 0.6 is 0 Å². The van der Waals surface area contributed by atoms with Gasteiger partial charge in [-0.25, -0.2) is 4.79 Å². The molecule has 4 nitrogen and oxygen atoms in total. The molecule has 0 saturated carbocycles. The molecule has 2 aliphatic heterocycles. The van der Waals surface area contributed by atoms with Crippen LogP contribution in [0.1, 0.15) is 57.6 Å². The van der Waals surface area contributed by atoms with Crippen molar-refractivity contribution in [2.45, 2.75) is 70.8 Å². The van der Waals surface area contributed by atoms with Gasteiger partial charge in [-0.2, -0.15) is 13.2 Å². The number of carbonyl (C=O) groups excluding carboxylic acids is 1. The number of hydrogen-bond donors (Lipinski definition) is 0. The molecule has 2 aliphatic rings. The summed E-state index contributed by atoms with van der Waals surface area (Å²) in [6, 6.07) is 8.19. The second-order valence-electron chi connectivity index (χ2n) is 8.89. The number of benzene rings is 1. The van der Waals surface area contributed by atoms with Crippen LogP contribution < -0.4 is 0 Å². The number of ether oxygens (including phenoxy) is 1. The van der Waals surface area contributed by atoms with Crippen molar-refractivity contribution in [3.63, 3.8) is 0 Å². The monoisotopic (exact) mass is 436 g/mol. The molecule has 0 radical (unpaired) electrons. The molecule has 170 valence electrons. The summed E-state index contributed by atoms with van der Waals surface area (Å²) in [4.78, 5) is 16.1. The van der Waals surface area contributed by atoms with Crippen LogP contribution in [0.5, 0.6) is 0 Å². The van der Waals surface area contributed by atoms with E-state index in [1.807, 2.05) is 18.2 Å². The number of rotatable bonds is 3. The van der Waals surface area contributed by atoms with E-state index in [9.17, 15) is 18.0 Å². The molecule has 2 heterocycles. The van der Waals surface area contributed by atoms with Gasteiger partial charge in [-0.3, -0.25) is 4.90 Å². The second kappa shape index (κ2) is 9.52. The Kier molecular flexibility index (Phi) is 7.20. The Morgan fingerprint density at radius 2 is 1.81 bits per heavy atom. The molecule has 31 heavy (non-hydrogen) atoms. The number of halogens is 3. The first-order valence-corrected chi connectivity index (χ1v) is 11.0. The Hall–Kier alpha value is -2.20. The summed E-state index contributed by atoms with van der Waals surface area (Å²) in [5.41, 5.74) is 2.21. The van der Waals surface area contributed by atoms with Crippen molar-refractivity contribution in [2.75, 3.05) is 19.6 Å². The lowest BCUT2D eigenvalue weighted by Crippen LogP contribution is -2.53. The van der Waals surface area contributed by atoms with Crippen molar-refractivity contribution in [3.05, 3.63) is 35.4 Å². The van der Waals surface area contributed by atoms with Crippen molar-refractivity contribution in [1.82, 2.24) is 9.80 Å². The summed E-state index contributed by atoms with van der Waals surface area (Å²) < 4.78 is 42.7. The van der Waals surface area contributed by atoms with Gasteiger partial charge in [0.05, 0.1) is 0 Å². The largest absolute Gasteiger partial charge is 0.437 e. The first-order chi connectivity index (χ1) is 14.6. The molecule has 2 saturated heterocycles. The number of nitrogens with zero attached hydrogens (tertiary/aromatic N) is 2. The number of likely N-dealkylation sites (tertiary alicyclic amines) is 2. The van der Waals surface area contributed by atoms with Gasteiger partial charge in [0.1, 0.15) is 0 Å². The molecule has 1 atom stereocenters. The average molecular weight is 437 g/mol. The van der Waals surface area contributed by atoms with Gasteiger partial charge in [-0.15, -0.1) is 0 Å². The zero-order chi connectivity index (χ0) is 22.6. The van der Waals surface area contributed by atoms with E-state index < -0.39 is 18.4 Å². The van der Waals surface area contributed by atoms with Gasteiger partial charge in [0, 0.05) is 36.7 Å². The van der Waals surface area contributed by atoms with Crippen LogP contribution in [0.2, 0.25) is 0 Å². The summed E-state index contributed by atoms with van der Waals surface area (Å²) in [5.74, 6) is 6.83. The van der Waals surface area contributed by atoms with Crippen LogP contribution in [0.3, 0.4) is 0 Å². The predicted molar refractivity (Wildman–Crippen MR) is 113 cm³/mol. The first kappa shape index (κ1) is 23.5. The van der Waals surface area contributed by atoms with Crippen LogP contribution in [0.25, 0.3) is 0 Å². The third-order valence-electron chi connectivity index (χ3n) is 6.31. The topological polar surface area (TPSA) is 32.8 Å². The summed E-state index contributed by atoms with van der Waals surface area (Å²) in [6.45, 7) is 7.59. The lowest BCUT2D eigenvalue weighted by atomic mass is 9.84. The Balaban J connectivity index is 1.65. The summed E-state index contributed by atoms with van der Waals surface area (Å²) in [6.07, 6.45) is -3.92. The zero-order valence-corrected chi connectivity index (χ0v) is 18.5. The smallest absolute Gasteiger partial charge is 0.425 e. The zero-order valence-electron chi connectivity index (χ0n) is 18.5. The van der Waals surface area contributed by atoms with E-state index in [2.05, 4.69) is 41.4 Å². The Morgan fingerprint density at radius 3 is 2.45 bits per heavy atom. The molecule has 1 unspecified atom stereocenters. The van der Waals surface area contributed by atoms with E-state index in [1.54, 1.807) is 0 Å². The second-order valence-corrected chi connectivity index (χ2v) is 8.89. The molecule has 1 aromatic rings. The minimum Gasteiger partial charge on any atom is -0.437 e. The number of amides is 1. The lowest BCUT2D eigenvalue weighted by molar-refractivity contribution is -0.200. The summed E-state index contributed by atoms with van der Waals surface area (Å²) in [7, 11) is 0. The third-order valence-corrected chi connectivity index (χ3v) is 6.31. The fourth-order valence-corrected chi connectivity index (χ4v) is 4.41. The van der Waals surface area contributed by atoms with Crippen molar-refractivity contribution >= 4 is 6.09 Å². The Labute approximate surface area is 182 Å². The van der Waals surface area contributed by atoms with E-state index in [0.29, 0.717) is 19.0 Å². The first-order valence-electron chi connectivity index (χ1n) is 11.0. The predicted octanol–water partition coefficient (Wildman–Crippen LogP) is 5.21. The number of piperidine rings is 1. The molecule has 0 aliphatic carbocycles. The Bertz CT molecular complexity index is 833. The number of alkyl halides is 3. The van der Waals surface area contributed by atoms with Crippen LogP contribution in [-0.2, 0) is 11.3 Å². The highest BCUT2D eigenvalue weighted by atomic mass is 19.4. The minimum absolute atomic E-state index is 0.0228. The van der Waals surface area contributed by atoms with Gasteiger partial charge in [0.2, 0.25) is 0 Å². The third kappa shape index (κ3) is 5.74. The highest BCUT2D eigenvalue weighted by Crippen LogP contribution is 2.40. The summed E-state index contributed by atoms with van der Waals surface area (Å²) >= 11 is 0. The highest BCUT2D eigenvalue weighted by Gasteiger charge is 2.45. The van der Waals surface area contributed by atoms with Gasteiger partial charge in [0.15, 0.2) is 6.10 Å². The quantitative estimate of drug-likeness (QED) is 0.610. The SMILES string of the molecule is CC(C)C#Cc1ccccc1CN1CCCC12CCN(C(=O)OC(C)C(F)(F)F)CC2. The average Bonchev–Trinajstić information content (AvgIpc) is 3.08. The number of hydrogen-bond acceptors (Lipinski definition) is 3. The molecule has 1 aromatic carbocycles. The molecule has 1 spiro atoms. The maximum absolute atomic E-state index is 12.7.